The van der Waals surface area contributed by atoms with Crippen LogP contribution in [0.3, 0.4) is 0 Å². The molecule has 0 fully saturated rings. The topological polar surface area (TPSA) is 29.0 Å². The molecule has 5 heteroatoms. The van der Waals surface area contributed by atoms with Crippen LogP contribution in [0.5, 0.6) is 0 Å². The van der Waals surface area contributed by atoms with Gasteiger partial charge in [-0.05, 0) is 13.1 Å². The third-order valence-electron chi connectivity index (χ3n) is 1.83. The van der Waals surface area contributed by atoms with E-state index < -0.39 is 0 Å². The Bertz CT molecular complexity index is 209. The number of hydrogen-bond donors (Lipinski definition) is 0. The van der Waals surface area contributed by atoms with Gasteiger partial charge in [0.2, 0.25) is 0 Å². The van der Waals surface area contributed by atoms with E-state index in [2.05, 4.69) is 34.5 Å². The molecule has 0 spiro atoms. The first-order valence-electron chi connectivity index (χ1n) is 4.41. The van der Waals surface area contributed by atoms with Gasteiger partial charge in [0.05, 0.1) is 0 Å². The van der Waals surface area contributed by atoms with Gasteiger partial charge >= 0.3 is 0 Å². The highest BCUT2D eigenvalue weighted by molar-refractivity contribution is 8.01. The fourth-order valence-corrected chi connectivity index (χ4v) is 2.46. The van der Waals surface area contributed by atoms with Crippen molar-refractivity contribution in [1.82, 2.24) is 15.1 Å². The van der Waals surface area contributed by atoms with E-state index in [1.54, 1.807) is 11.8 Å². The van der Waals surface area contributed by atoms with Crippen LogP contribution in [0.25, 0.3) is 0 Å². The summed E-state index contributed by atoms with van der Waals surface area (Å²) in [5.41, 5.74) is 2.74. The lowest BCUT2D eigenvalue weighted by molar-refractivity contribution is 0.324. The van der Waals surface area contributed by atoms with Gasteiger partial charge in [-0.3, -0.25) is 0 Å². The van der Waals surface area contributed by atoms with Crippen LogP contribution in [0, 0.1) is 5.51 Å². The van der Waals surface area contributed by atoms with Crippen LogP contribution in [0.15, 0.2) is 4.34 Å². The molecule has 0 N–H and O–H groups in total. The number of hydrogen-bond acceptors (Lipinski definition) is 5. The van der Waals surface area contributed by atoms with Gasteiger partial charge in [0.25, 0.3) is 0 Å². The summed E-state index contributed by atoms with van der Waals surface area (Å²) in [6, 6.07) is 0. The maximum absolute atomic E-state index is 3.92. The quantitative estimate of drug-likeness (QED) is 0.678. The smallest absolute Gasteiger partial charge is 0.179 e. The molecule has 0 atom stereocenters. The summed E-state index contributed by atoms with van der Waals surface area (Å²) in [5, 5.41) is 7.59. The second-order valence-electron chi connectivity index (χ2n) is 2.53. The molecule has 1 rings (SSSR count). The van der Waals surface area contributed by atoms with Gasteiger partial charge in [-0.1, -0.05) is 36.9 Å². The SMILES string of the molecule is CCN(CC)CCSc1nn[c]s1. The van der Waals surface area contributed by atoms with Crippen molar-refractivity contribution in [3.63, 3.8) is 0 Å². The Morgan fingerprint density at radius 1 is 1.46 bits per heavy atom. The monoisotopic (exact) mass is 216 g/mol. The largest absolute Gasteiger partial charge is 0.303 e. The van der Waals surface area contributed by atoms with Crippen molar-refractivity contribution in [2.24, 2.45) is 0 Å². The highest BCUT2D eigenvalue weighted by atomic mass is 32.2. The lowest BCUT2D eigenvalue weighted by Crippen LogP contribution is -2.25. The van der Waals surface area contributed by atoms with Gasteiger partial charge in [-0.15, -0.1) is 10.2 Å². The van der Waals surface area contributed by atoms with E-state index >= 15 is 0 Å². The Labute approximate surface area is 87.6 Å². The van der Waals surface area contributed by atoms with Gasteiger partial charge in [-0.25, -0.2) is 0 Å². The fourth-order valence-electron chi connectivity index (χ4n) is 1.00. The minimum Gasteiger partial charge on any atom is -0.303 e. The average molecular weight is 216 g/mol. The Kier molecular flexibility index (Phi) is 5.34. The molecule has 0 saturated heterocycles. The van der Waals surface area contributed by atoms with E-state index in [9.17, 15) is 0 Å². The zero-order valence-corrected chi connectivity index (χ0v) is 9.62. The molecule has 0 aromatic carbocycles. The molecule has 0 aliphatic carbocycles. The van der Waals surface area contributed by atoms with Crippen molar-refractivity contribution in [2.45, 2.75) is 18.2 Å². The molecule has 0 aliphatic heterocycles. The molecule has 1 radical (unpaired) electrons. The van der Waals surface area contributed by atoms with Gasteiger partial charge < -0.3 is 4.90 Å². The normalized spacial score (nSPS) is 11.0. The molecule has 1 aromatic heterocycles. The van der Waals surface area contributed by atoms with Crippen LogP contribution in [-0.4, -0.2) is 40.5 Å². The van der Waals surface area contributed by atoms with E-state index in [0.29, 0.717) is 0 Å². The Balaban J connectivity index is 2.13. The Morgan fingerprint density at radius 2 is 2.23 bits per heavy atom. The molecule has 0 saturated carbocycles. The highest BCUT2D eigenvalue weighted by Crippen LogP contribution is 2.18. The van der Waals surface area contributed by atoms with Crippen LogP contribution < -0.4 is 0 Å². The first-order chi connectivity index (χ1) is 6.36. The van der Waals surface area contributed by atoms with Crippen LogP contribution in [0.4, 0.5) is 0 Å². The number of rotatable bonds is 6. The maximum atomic E-state index is 3.92. The van der Waals surface area contributed by atoms with Gasteiger partial charge in [-0.2, -0.15) is 0 Å². The van der Waals surface area contributed by atoms with Crippen LogP contribution in [0.1, 0.15) is 13.8 Å². The standard InChI is InChI=1S/C8H14N3S2/c1-3-11(4-2)5-6-12-8-10-9-7-13-8/h3-6H2,1-2H3. The molecule has 3 nitrogen and oxygen atoms in total. The first-order valence-corrected chi connectivity index (χ1v) is 6.21. The van der Waals surface area contributed by atoms with Crippen molar-refractivity contribution in [3.05, 3.63) is 5.51 Å². The minimum absolute atomic E-state index is 1.02. The van der Waals surface area contributed by atoms with Crippen molar-refractivity contribution >= 4 is 23.1 Å². The lowest BCUT2D eigenvalue weighted by Gasteiger charge is -2.16. The third-order valence-corrected chi connectivity index (χ3v) is 3.58. The summed E-state index contributed by atoms with van der Waals surface area (Å²) >= 11 is 3.25. The zero-order valence-electron chi connectivity index (χ0n) is 7.99. The molecule has 0 amide bonds. The van der Waals surface area contributed by atoms with Gasteiger partial charge in [0.15, 0.2) is 9.85 Å². The van der Waals surface area contributed by atoms with Crippen molar-refractivity contribution in [2.75, 3.05) is 25.4 Å². The predicted molar refractivity (Wildman–Crippen MR) is 57.3 cm³/mol. The Morgan fingerprint density at radius 3 is 2.77 bits per heavy atom. The van der Waals surface area contributed by atoms with E-state index in [4.69, 9.17) is 0 Å². The predicted octanol–water partition coefficient (Wildman–Crippen LogP) is 1.77. The minimum atomic E-state index is 1.02. The third kappa shape index (κ3) is 4.06. The second kappa shape index (κ2) is 6.34. The molecule has 0 unspecified atom stereocenters. The maximum Gasteiger partial charge on any atom is 0.179 e. The zero-order chi connectivity index (χ0) is 9.52. The second-order valence-corrected chi connectivity index (χ2v) is 4.65. The fraction of sp³-hybridized carbons (Fsp3) is 0.750. The van der Waals surface area contributed by atoms with Gasteiger partial charge in [0, 0.05) is 12.3 Å². The number of thioether (sulfide) groups is 1. The van der Waals surface area contributed by atoms with Gasteiger partial charge in [0.1, 0.15) is 0 Å². The number of nitrogens with zero attached hydrogens (tertiary/aromatic N) is 3. The summed E-state index contributed by atoms with van der Waals surface area (Å²) in [4.78, 5) is 2.40. The summed E-state index contributed by atoms with van der Waals surface area (Å²) in [7, 11) is 0. The van der Waals surface area contributed by atoms with E-state index in [-0.39, 0.29) is 0 Å². The van der Waals surface area contributed by atoms with E-state index in [1.165, 1.54) is 11.3 Å². The molecular weight excluding hydrogens is 202 g/mol. The summed E-state index contributed by atoms with van der Waals surface area (Å²) < 4.78 is 1.02. The summed E-state index contributed by atoms with van der Waals surface area (Å²) in [6.07, 6.45) is 0. The van der Waals surface area contributed by atoms with Crippen LogP contribution in [0.2, 0.25) is 0 Å². The van der Waals surface area contributed by atoms with Crippen molar-refractivity contribution in [3.8, 4) is 0 Å². The van der Waals surface area contributed by atoms with E-state index in [0.717, 1.165) is 29.7 Å². The molecule has 1 heterocycles. The molecule has 73 valence electrons. The molecule has 13 heavy (non-hydrogen) atoms. The summed E-state index contributed by atoms with van der Waals surface area (Å²) in [5.74, 6) is 1.09. The lowest BCUT2D eigenvalue weighted by atomic mass is 10.5. The average Bonchev–Trinajstić information content (AvgIpc) is 2.65. The Hall–Kier alpha value is -0.130. The van der Waals surface area contributed by atoms with Crippen molar-refractivity contribution in [1.29, 1.82) is 0 Å². The van der Waals surface area contributed by atoms with Crippen molar-refractivity contribution < 1.29 is 0 Å². The van der Waals surface area contributed by atoms with E-state index in [1.807, 2.05) is 0 Å². The first kappa shape index (κ1) is 10.9. The summed E-state index contributed by atoms with van der Waals surface area (Å²) in [6.45, 7) is 7.75. The molecule has 0 bridgehead atoms. The molecule has 1 aromatic rings. The molecule has 0 aliphatic rings. The van der Waals surface area contributed by atoms with Crippen LogP contribution in [-0.2, 0) is 0 Å². The highest BCUT2D eigenvalue weighted by Gasteiger charge is 2.01. The van der Waals surface area contributed by atoms with Crippen LogP contribution >= 0.6 is 23.1 Å². The molecular formula is C8H14N3S2. The number of aromatic nitrogens is 2.